The van der Waals surface area contributed by atoms with Gasteiger partial charge in [0.25, 0.3) is 21.8 Å². The molecule has 172 valence electrons. The highest BCUT2D eigenvalue weighted by molar-refractivity contribution is 7.92. The molecule has 0 aliphatic carbocycles. The lowest BCUT2D eigenvalue weighted by atomic mass is 10.1. The van der Waals surface area contributed by atoms with Gasteiger partial charge in [-0.05, 0) is 48.5 Å². The largest absolute Gasteiger partial charge is 0.355 e. The van der Waals surface area contributed by atoms with Gasteiger partial charge in [0, 0.05) is 22.9 Å². The van der Waals surface area contributed by atoms with Gasteiger partial charge in [-0.3, -0.25) is 25.2 Å². The zero-order valence-corrected chi connectivity index (χ0v) is 18.2. The number of amides is 2. The van der Waals surface area contributed by atoms with Crippen LogP contribution < -0.4 is 15.6 Å². The molecule has 2 amide bonds. The van der Waals surface area contributed by atoms with Crippen LogP contribution in [-0.2, 0) is 10.0 Å². The van der Waals surface area contributed by atoms with Crippen LogP contribution in [0.5, 0.6) is 0 Å². The second-order valence-electron chi connectivity index (χ2n) is 6.99. The second-order valence-corrected chi connectivity index (χ2v) is 8.67. The summed E-state index contributed by atoms with van der Waals surface area (Å²) in [5.74, 6) is -1.47. The standard InChI is InChI=1S/C23H17FN4O5S/c24-17-8-10-18(11-9-17)28-34(31,32)19-12-6-16(7-13-19)22(29)25-26-23(30)20-14-21(33-27-20)15-4-2-1-3-5-15/h1-14,28H,(H,25,29)(H,26,30). The normalized spacial score (nSPS) is 11.0. The van der Waals surface area contributed by atoms with Crippen molar-refractivity contribution in [3.05, 3.63) is 102 Å². The lowest BCUT2D eigenvalue weighted by Crippen LogP contribution is -2.41. The van der Waals surface area contributed by atoms with E-state index in [-0.39, 0.29) is 21.8 Å². The van der Waals surface area contributed by atoms with Crippen LogP contribution in [0.15, 0.2) is 94.3 Å². The monoisotopic (exact) mass is 480 g/mol. The number of nitrogens with one attached hydrogen (secondary N) is 3. The fourth-order valence-corrected chi connectivity index (χ4v) is 3.95. The molecule has 11 heteroatoms. The molecule has 3 N–H and O–H groups in total. The van der Waals surface area contributed by atoms with Gasteiger partial charge in [0.05, 0.1) is 4.90 Å². The van der Waals surface area contributed by atoms with Crippen molar-refractivity contribution < 1.29 is 26.9 Å². The Morgan fingerprint density at radius 3 is 2.15 bits per heavy atom. The van der Waals surface area contributed by atoms with E-state index >= 15 is 0 Å². The average Bonchev–Trinajstić information content (AvgIpc) is 3.35. The smallest absolute Gasteiger partial charge is 0.291 e. The summed E-state index contributed by atoms with van der Waals surface area (Å²) in [5, 5.41) is 3.69. The highest BCUT2D eigenvalue weighted by atomic mass is 32.2. The minimum atomic E-state index is -3.94. The van der Waals surface area contributed by atoms with E-state index in [0.717, 1.165) is 17.7 Å². The van der Waals surface area contributed by atoms with E-state index in [1.54, 1.807) is 12.1 Å². The maximum absolute atomic E-state index is 13.0. The van der Waals surface area contributed by atoms with Gasteiger partial charge in [-0.15, -0.1) is 0 Å². The Morgan fingerprint density at radius 2 is 1.47 bits per heavy atom. The quantitative estimate of drug-likeness (QED) is 0.363. The van der Waals surface area contributed by atoms with Gasteiger partial charge in [0.2, 0.25) is 0 Å². The summed E-state index contributed by atoms with van der Waals surface area (Å²) < 4.78 is 45.4. The molecular formula is C23H17FN4O5S. The topological polar surface area (TPSA) is 130 Å². The Labute approximate surface area is 193 Å². The fraction of sp³-hybridized carbons (Fsp3) is 0. The zero-order valence-electron chi connectivity index (χ0n) is 17.4. The van der Waals surface area contributed by atoms with E-state index in [0.29, 0.717) is 5.76 Å². The van der Waals surface area contributed by atoms with E-state index in [2.05, 4.69) is 20.7 Å². The van der Waals surface area contributed by atoms with Gasteiger partial charge in [0.1, 0.15) is 5.82 Å². The Bertz CT molecular complexity index is 1420. The minimum absolute atomic E-state index is 0.0348. The van der Waals surface area contributed by atoms with E-state index in [4.69, 9.17) is 4.52 Å². The molecule has 0 atom stereocenters. The third-order valence-electron chi connectivity index (χ3n) is 4.61. The molecule has 0 bridgehead atoms. The summed E-state index contributed by atoms with van der Waals surface area (Å²) in [6.07, 6.45) is 0. The number of benzene rings is 3. The number of hydrazine groups is 1. The summed E-state index contributed by atoms with van der Waals surface area (Å²) in [7, 11) is -3.94. The van der Waals surface area contributed by atoms with E-state index in [1.807, 2.05) is 18.2 Å². The number of nitrogens with zero attached hydrogens (tertiary/aromatic N) is 1. The van der Waals surface area contributed by atoms with E-state index < -0.39 is 27.7 Å². The predicted molar refractivity (Wildman–Crippen MR) is 121 cm³/mol. The van der Waals surface area contributed by atoms with Gasteiger partial charge in [-0.1, -0.05) is 35.5 Å². The Kier molecular flexibility index (Phi) is 6.37. The second kappa shape index (κ2) is 9.55. The fourth-order valence-electron chi connectivity index (χ4n) is 2.89. The number of hydrogen-bond acceptors (Lipinski definition) is 6. The van der Waals surface area contributed by atoms with Crippen LogP contribution in [0.2, 0.25) is 0 Å². The summed E-state index contributed by atoms with van der Waals surface area (Å²) in [5.41, 5.74) is 5.45. The van der Waals surface area contributed by atoms with Crippen molar-refractivity contribution in [3.63, 3.8) is 0 Å². The molecule has 9 nitrogen and oxygen atoms in total. The lowest BCUT2D eigenvalue weighted by molar-refractivity contribution is 0.0841. The number of hydrogen-bond donors (Lipinski definition) is 3. The number of halogens is 1. The van der Waals surface area contributed by atoms with Gasteiger partial charge < -0.3 is 4.52 Å². The molecule has 0 aliphatic rings. The van der Waals surface area contributed by atoms with Crippen LogP contribution in [-0.4, -0.2) is 25.4 Å². The van der Waals surface area contributed by atoms with Crippen LogP contribution in [0, 0.1) is 5.82 Å². The van der Waals surface area contributed by atoms with Gasteiger partial charge in [-0.25, -0.2) is 12.8 Å². The lowest BCUT2D eigenvalue weighted by Gasteiger charge is -2.09. The van der Waals surface area contributed by atoms with Crippen molar-refractivity contribution in [2.45, 2.75) is 4.90 Å². The average molecular weight is 480 g/mol. The van der Waals surface area contributed by atoms with Crippen molar-refractivity contribution in [2.24, 2.45) is 0 Å². The predicted octanol–water partition coefficient (Wildman–Crippen LogP) is 3.36. The highest BCUT2D eigenvalue weighted by Crippen LogP contribution is 2.20. The first-order chi connectivity index (χ1) is 16.3. The molecule has 0 aliphatic heterocycles. The van der Waals surface area contributed by atoms with Crippen molar-refractivity contribution in [1.82, 2.24) is 16.0 Å². The third kappa shape index (κ3) is 5.27. The van der Waals surface area contributed by atoms with Crippen molar-refractivity contribution in [2.75, 3.05) is 4.72 Å². The molecule has 0 saturated heterocycles. The molecule has 0 unspecified atom stereocenters. The molecule has 4 rings (SSSR count). The molecule has 4 aromatic rings. The molecule has 1 heterocycles. The van der Waals surface area contributed by atoms with Crippen LogP contribution in [0.4, 0.5) is 10.1 Å². The first-order valence-corrected chi connectivity index (χ1v) is 11.3. The van der Waals surface area contributed by atoms with Crippen molar-refractivity contribution >= 4 is 27.5 Å². The highest BCUT2D eigenvalue weighted by Gasteiger charge is 2.17. The van der Waals surface area contributed by atoms with E-state index in [1.165, 1.54) is 42.5 Å². The molecule has 34 heavy (non-hydrogen) atoms. The summed E-state index contributed by atoms with van der Waals surface area (Å²) in [6.45, 7) is 0. The van der Waals surface area contributed by atoms with E-state index in [9.17, 15) is 22.4 Å². The Hall–Kier alpha value is -4.51. The number of rotatable bonds is 6. The Balaban J connectivity index is 1.36. The SMILES string of the molecule is O=C(NNC(=O)c1cc(-c2ccccc2)on1)c1ccc(S(=O)(=O)Nc2ccc(F)cc2)cc1. The number of aromatic nitrogens is 1. The molecule has 1 aromatic heterocycles. The van der Waals surface area contributed by atoms with Crippen LogP contribution in [0.1, 0.15) is 20.8 Å². The first kappa shape index (κ1) is 22.7. The molecule has 0 fully saturated rings. The van der Waals surface area contributed by atoms with Gasteiger partial charge in [0.15, 0.2) is 11.5 Å². The molecule has 0 spiro atoms. The summed E-state index contributed by atoms with van der Waals surface area (Å²) in [6, 6.07) is 20.3. The zero-order chi connectivity index (χ0) is 24.1. The maximum Gasteiger partial charge on any atom is 0.291 e. The number of carbonyl (C=O) groups excluding carboxylic acids is 2. The molecular weight excluding hydrogens is 463 g/mol. The van der Waals surface area contributed by atoms with Crippen molar-refractivity contribution in [1.29, 1.82) is 0 Å². The number of anilines is 1. The maximum atomic E-state index is 13.0. The number of carbonyl (C=O) groups is 2. The van der Waals surface area contributed by atoms with Crippen LogP contribution in [0.3, 0.4) is 0 Å². The van der Waals surface area contributed by atoms with Crippen molar-refractivity contribution in [3.8, 4) is 11.3 Å². The third-order valence-corrected chi connectivity index (χ3v) is 6.01. The molecule has 0 radical (unpaired) electrons. The first-order valence-electron chi connectivity index (χ1n) is 9.83. The van der Waals surface area contributed by atoms with Gasteiger partial charge in [-0.2, -0.15) is 0 Å². The summed E-state index contributed by atoms with van der Waals surface area (Å²) >= 11 is 0. The Morgan fingerprint density at radius 1 is 0.824 bits per heavy atom. The molecule has 3 aromatic carbocycles. The summed E-state index contributed by atoms with van der Waals surface area (Å²) in [4.78, 5) is 24.5. The number of sulfonamides is 1. The molecule has 0 saturated carbocycles. The van der Waals surface area contributed by atoms with Crippen LogP contribution in [0.25, 0.3) is 11.3 Å². The minimum Gasteiger partial charge on any atom is -0.355 e. The van der Waals surface area contributed by atoms with Gasteiger partial charge >= 0.3 is 0 Å². The van der Waals surface area contributed by atoms with Crippen LogP contribution >= 0.6 is 0 Å².